The summed E-state index contributed by atoms with van der Waals surface area (Å²) in [5, 5.41) is 9.12. The van der Waals surface area contributed by atoms with Gasteiger partial charge in [0, 0.05) is 17.1 Å². The number of carbonyl (C=O) groups excluding carboxylic acids is 1. The van der Waals surface area contributed by atoms with Gasteiger partial charge in [0.1, 0.15) is 5.57 Å². The highest BCUT2D eigenvalue weighted by molar-refractivity contribution is 6.30. The Morgan fingerprint density at radius 3 is 2.10 bits per heavy atom. The molecular weight excluding hydrogens is 299 g/mol. The van der Waals surface area contributed by atoms with Gasteiger partial charge in [0.15, 0.2) is 0 Å². The summed E-state index contributed by atoms with van der Waals surface area (Å²) in [6, 6.07) is 5.87. The van der Waals surface area contributed by atoms with E-state index >= 15 is 0 Å². The molecule has 20 heavy (non-hydrogen) atoms. The average molecular weight is 308 g/mol. The number of hydrogen-bond acceptors (Lipinski definition) is 3. The van der Waals surface area contributed by atoms with E-state index in [9.17, 15) is 22.8 Å². The van der Waals surface area contributed by atoms with Gasteiger partial charge in [-0.25, -0.2) is 4.79 Å². The third-order valence-electron chi connectivity index (χ3n) is 2.33. The number of allylic oxidation sites excluding steroid dienone is 1. The smallest absolute Gasteiger partial charge is 0.455 e. The van der Waals surface area contributed by atoms with E-state index in [0.717, 1.165) is 0 Å². The molecule has 3 N–H and O–H groups in total. The summed E-state index contributed by atoms with van der Waals surface area (Å²) in [7, 11) is 0. The van der Waals surface area contributed by atoms with Gasteiger partial charge in [-0.15, -0.1) is 0 Å². The Balaban J connectivity index is 3.13. The van der Waals surface area contributed by atoms with Crippen molar-refractivity contribution in [2.24, 2.45) is 5.73 Å². The van der Waals surface area contributed by atoms with Gasteiger partial charge in [0.2, 0.25) is 0 Å². The van der Waals surface area contributed by atoms with Crippen molar-refractivity contribution in [2.45, 2.75) is 12.6 Å². The number of carboxylic acids is 1. The zero-order valence-electron chi connectivity index (χ0n) is 9.87. The topological polar surface area (TPSA) is 80.4 Å². The van der Waals surface area contributed by atoms with Crippen LogP contribution in [0.2, 0.25) is 5.02 Å². The zero-order valence-corrected chi connectivity index (χ0v) is 10.6. The second-order valence-corrected chi connectivity index (χ2v) is 4.27. The Hall–Kier alpha value is -2.02. The molecule has 0 amide bonds. The molecule has 0 spiro atoms. The van der Waals surface area contributed by atoms with Crippen LogP contribution in [0.15, 0.2) is 35.5 Å². The van der Waals surface area contributed by atoms with Crippen molar-refractivity contribution in [3.63, 3.8) is 0 Å². The van der Waals surface area contributed by atoms with E-state index < -0.39 is 29.2 Å². The highest BCUT2D eigenvalue weighted by Crippen LogP contribution is 2.23. The quantitative estimate of drug-likeness (QED) is 0.508. The Morgan fingerprint density at radius 2 is 1.70 bits per heavy atom. The standard InChI is InChI=1S/C12H9ClF3NO3/c13-7-3-1-6(2-4-7)5-8(17)9(11(19)20)10(18)12(14,15)16/h1-4H,5,17H2,(H,19,20). The number of aliphatic carboxylic acids is 1. The predicted molar refractivity (Wildman–Crippen MR) is 65.1 cm³/mol. The molecule has 0 atom stereocenters. The summed E-state index contributed by atoms with van der Waals surface area (Å²) < 4.78 is 36.9. The van der Waals surface area contributed by atoms with Gasteiger partial charge in [0.05, 0.1) is 0 Å². The molecule has 1 aromatic carbocycles. The number of alkyl halides is 3. The van der Waals surface area contributed by atoms with Crippen LogP contribution < -0.4 is 5.73 Å². The van der Waals surface area contributed by atoms with E-state index in [-0.39, 0.29) is 6.42 Å². The molecule has 0 radical (unpaired) electrons. The van der Waals surface area contributed by atoms with Crippen molar-refractivity contribution in [2.75, 3.05) is 0 Å². The Kier molecular flexibility index (Phi) is 4.78. The second-order valence-electron chi connectivity index (χ2n) is 3.84. The molecule has 0 saturated carbocycles. The van der Waals surface area contributed by atoms with Crippen LogP contribution in [-0.2, 0) is 16.0 Å². The van der Waals surface area contributed by atoms with Crippen molar-refractivity contribution in [1.82, 2.24) is 0 Å². The lowest BCUT2D eigenvalue weighted by atomic mass is 10.0. The maximum Gasteiger partial charge on any atom is 0.455 e. The Labute approximate surface area is 116 Å². The molecule has 1 rings (SSSR count). The number of carbonyl (C=O) groups is 2. The normalized spacial score (nSPS) is 12.8. The Morgan fingerprint density at radius 1 is 1.20 bits per heavy atom. The van der Waals surface area contributed by atoms with Crippen LogP contribution in [0, 0.1) is 0 Å². The first-order valence-electron chi connectivity index (χ1n) is 5.20. The molecule has 0 aliphatic carbocycles. The number of Topliss-reactive ketones (excluding diaryl/α,β-unsaturated/α-hetero) is 1. The van der Waals surface area contributed by atoms with Crippen LogP contribution in [0.25, 0.3) is 0 Å². The summed E-state index contributed by atoms with van der Waals surface area (Å²) >= 11 is 5.63. The molecule has 0 fully saturated rings. The van der Waals surface area contributed by atoms with Crippen LogP contribution in [0.4, 0.5) is 13.2 Å². The minimum Gasteiger partial charge on any atom is -0.477 e. The first-order valence-corrected chi connectivity index (χ1v) is 5.58. The molecule has 1 aromatic rings. The summed E-state index contributed by atoms with van der Waals surface area (Å²) in [5.41, 5.74) is 3.63. The van der Waals surface area contributed by atoms with Crippen LogP contribution in [0.5, 0.6) is 0 Å². The zero-order chi connectivity index (χ0) is 15.5. The van der Waals surface area contributed by atoms with Gasteiger partial charge >= 0.3 is 12.1 Å². The average Bonchev–Trinajstić information content (AvgIpc) is 2.30. The first kappa shape index (κ1) is 16.0. The lowest BCUT2D eigenvalue weighted by Gasteiger charge is -2.10. The lowest BCUT2D eigenvalue weighted by Crippen LogP contribution is -2.31. The fraction of sp³-hybridized carbons (Fsp3) is 0.167. The third kappa shape index (κ3) is 3.99. The molecule has 4 nitrogen and oxygen atoms in total. The van der Waals surface area contributed by atoms with E-state index in [1.54, 1.807) is 0 Å². The molecule has 0 aliphatic rings. The molecule has 0 heterocycles. The summed E-state index contributed by atoms with van der Waals surface area (Å²) in [6.07, 6.45) is -5.60. The van der Waals surface area contributed by atoms with Crippen LogP contribution >= 0.6 is 11.6 Å². The summed E-state index contributed by atoms with van der Waals surface area (Å²) in [4.78, 5) is 21.8. The molecule has 0 saturated heterocycles. The monoisotopic (exact) mass is 307 g/mol. The van der Waals surface area contributed by atoms with Crippen LogP contribution in [0.3, 0.4) is 0 Å². The lowest BCUT2D eigenvalue weighted by molar-refractivity contribution is -0.168. The number of benzene rings is 1. The van der Waals surface area contributed by atoms with E-state index in [1.165, 1.54) is 24.3 Å². The number of rotatable bonds is 4. The minimum absolute atomic E-state index is 0.305. The predicted octanol–water partition coefficient (Wildman–Crippen LogP) is 2.31. The van der Waals surface area contributed by atoms with Gasteiger partial charge in [-0.1, -0.05) is 23.7 Å². The van der Waals surface area contributed by atoms with Gasteiger partial charge in [-0.05, 0) is 17.7 Å². The van der Waals surface area contributed by atoms with Gasteiger partial charge in [-0.3, -0.25) is 4.79 Å². The minimum atomic E-state index is -5.29. The summed E-state index contributed by atoms with van der Waals surface area (Å²) in [6.45, 7) is 0. The molecule has 0 aliphatic heterocycles. The molecule has 0 unspecified atom stereocenters. The van der Waals surface area contributed by atoms with E-state index in [4.69, 9.17) is 22.4 Å². The van der Waals surface area contributed by atoms with Crippen molar-refractivity contribution < 1.29 is 27.9 Å². The van der Waals surface area contributed by atoms with Gasteiger partial charge in [0.25, 0.3) is 5.78 Å². The fourth-order valence-electron chi connectivity index (χ4n) is 1.43. The van der Waals surface area contributed by atoms with Crippen molar-refractivity contribution >= 4 is 23.4 Å². The molecule has 8 heteroatoms. The largest absolute Gasteiger partial charge is 0.477 e. The SMILES string of the molecule is NC(Cc1ccc(Cl)cc1)=C(C(=O)O)C(=O)C(F)(F)F. The maximum atomic E-state index is 12.3. The Bertz CT molecular complexity index is 564. The molecule has 108 valence electrons. The maximum absolute atomic E-state index is 12.3. The van der Waals surface area contributed by atoms with Crippen molar-refractivity contribution in [3.05, 3.63) is 46.1 Å². The molecule has 0 aromatic heterocycles. The second kappa shape index (κ2) is 5.96. The van der Waals surface area contributed by atoms with Crippen molar-refractivity contribution in [3.8, 4) is 0 Å². The number of hydrogen-bond donors (Lipinski definition) is 2. The highest BCUT2D eigenvalue weighted by Gasteiger charge is 2.44. The number of ketones is 1. The van der Waals surface area contributed by atoms with Gasteiger partial charge < -0.3 is 10.8 Å². The van der Waals surface area contributed by atoms with Crippen LogP contribution in [-0.4, -0.2) is 23.0 Å². The van der Waals surface area contributed by atoms with Crippen LogP contribution in [0.1, 0.15) is 5.56 Å². The van der Waals surface area contributed by atoms with Crippen molar-refractivity contribution in [1.29, 1.82) is 0 Å². The fourth-order valence-corrected chi connectivity index (χ4v) is 1.56. The summed E-state index contributed by atoms with van der Waals surface area (Å²) in [5.74, 6) is -4.49. The van der Waals surface area contributed by atoms with E-state index in [0.29, 0.717) is 10.6 Å². The van der Waals surface area contributed by atoms with E-state index in [1.807, 2.05) is 0 Å². The van der Waals surface area contributed by atoms with E-state index in [2.05, 4.69) is 0 Å². The first-order chi connectivity index (χ1) is 9.12. The highest BCUT2D eigenvalue weighted by atomic mass is 35.5. The number of nitrogens with two attached hydrogens (primary N) is 1. The molecular formula is C12H9ClF3NO3. The molecule has 0 bridgehead atoms. The third-order valence-corrected chi connectivity index (χ3v) is 2.58. The van der Waals surface area contributed by atoms with Gasteiger partial charge in [-0.2, -0.15) is 13.2 Å². The number of carboxylic acid groups (broad SMARTS) is 1. The number of halogens is 4.